The van der Waals surface area contributed by atoms with Crippen LogP contribution in [0.15, 0.2) is 30.7 Å². The van der Waals surface area contributed by atoms with E-state index >= 15 is 0 Å². The first-order valence-corrected chi connectivity index (χ1v) is 5.52. The third kappa shape index (κ3) is 2.15. The molecule has 1 fully saturated rings. The number of aliphatic hydroxyl groups is 1. The monoisotopic (exact) mass is 255 g/mol. The lowest BCUT2D eigenvalue weighted by atomic mass is 10.1. The first kappa shape index (κ1) is 12.8. The van der Waals surface area contributed by atoms with E-state index in [1.54, 1.807) is 11.9 Å². The van der Waals surface area contributed by atoms with Crippen LogP contribution in [-0.2, 0) is 5.92 Å². The van der Waals surface area contributed by atoms with Gasteiger partial charge in [-0.05, 0) is 12.1 Å². The quantitative estimate of drug-likeness (QED) is 0.873. The highest BCUT2D eigenvalue weighted by Crippen LogP contribution is 2.31. The van der Waals surface area contributed by atoms with E-state index in [9.17, 15) is 13.9 Å². The molecule has 0 radical (unpaired) electrons. The molecule has 1 unspecified atom stereocenters. The Hall–Kier alpha value is -1.69. The minimum absolute atomic E-state index is 0.137. The SMILES string of the molecule is C=C1N(C)CC(O)N1c1cc(C(C)(F)F)ccn1. The summed E-state index contributed by atoms with van der Waals surface area (Å²) < 4.78 is 26.5. The minimum Gasteiger partial charge on any atom is -0.371 e. The van der Waals surface area contributed by atoms with Crippen LogP contribution < -0.4 is 4.90 Å². The Morgan fingerprint density at radius 2 is 2.22 bits per heavy atom. The summed E-state index contributed by atoms with van der Waals surface area (Å²) in [5, 5.41) is 9.87. The zero-order valence-corrected chi connectivity index (χ0v) is 10.3. The second-order valence-electron chi connectivity index (χ2n) is 4.44. The third-order valence-corrected chi connectivity index (χ3v) is 2.95. The van der Waals surface area contributed by atoms with Crippen molar-refractivity contribution in [2.75, 3.05) is 18.5 Å². The molecule has 1 aromatic heterocycles. The van der Waals surface area contributed by atoms with Crippen molar-refractivity contribution in [3.63, 3.8) is 0 Å². The molecule has 6 heteroatoms. The summed E-state index contributed by atoms with van der Waals surface area (Å²) in [6.45, 7) is 4.99. The van der Waals surface area contributed by atoms with Crippen molar-refractivity contribution >= 4 is 5.82 Å². The number of alkyl halides is 2. The lowest BCUT2D eigenvalue weighted by Crippen LogP contribution is -2.29. The minimum atomic E-state index is -2.93. The normalized spacial score (nSPS) is 20.7. The van der Waals surface area contributed by atoms with Gasteiger partial charge in [-0.15, -0.1) is 0 Å². The molecule has 4 nitrogen and oxygen atoms in total. The molecule has 0 saturated carbocycles. The topological polar surface area (TPSA) is 39.6 Å². The predicted octanol–water partition coefficient (Wildman–Crippen LogP) is 1.73. The van der Waals surface area contributed by atoms with Crippen molar-refractivity contribution in [2.24, 2.45) is 0 Å². The second-order valence-corrected chi connectivity index (χ2v) is 4.44. The van der Waals surface area contributed by atoms with Crippen molar-refractivity contribution in [1.29, 1.82) is 0 Å². The molecule has 1 N–H and O–H groups in total. The zero-order valence-electron chi connectivity index (χ0n) is 10.3. The first-order chi connectivity index (χ1) is 8.30. The smallest absolute Gasteiger partial charge is 0.270 e. The van der Waals surface area contributed by atoms with E-state index in [2.05, 4.69) is 11.6 Å². The largest absolute Gasteiger partial charge is 0.371 e. The summed E-state index contributed by atoms with van der Waals surface area (Å²) >= 11 is 0. The number of nitrogens with zero attached hydrogens (tertiary/aromatic N) is 3. The Bertz CT molecular complexity index is 473. The van der Waals surface area contributed by atoms with E-state index in [-0.39, 0.29) is 11.4 Å². The van der Waals surface area contributed by atoms with Crippen molar-refractivity contribution in [3.8, 4) is 0 Å². The van der Waals surface area contributed by atoms with Gasteiger partial charge in [0.05, 0.1) is 6.54 Å². The molecule has 98 valence electrons. The van der Waals surface area contributed by atoms with Gasteiger partial charge in [0, 0.05) is 25.7 Å². The summed E-state index contributed by atoms with van der Waals surface area (Å²) in [6, 6.07) is 2.53. The number of pyridine rings is 1. The van der Waals surface area contributed by atoms with Gasteiger partial charge in [0.1, 0.15) is 11.6 Å². The molecular weight excluding hydrogens is 240 g/mol. The molecule has 1 atom stereocenters. The number of halogens is 2. The number of likely N-dealkylation sites (N-methyl/N-ethyl adjacent to an activating group) is 1. The summed E-state index contributed by atoms with van der Waals surface area (Å²) in [4.78, 5) is 7.19. The van der Waals surface area contributed by atoms with E-state index in [1.165, 1.54) is 23.2 Å². The van der Waals surface area contributed by atoms with E-state index < -0.39 is 12.2 Å². The average molecular weight is 255 g/mol. The number of β-amino-alcohol motifs (C(OH)–C–C–N with tert-alkyl or cyclic N) is 1. The van der Waals surface area contributed by atoms with Crippen LogP contribution >= 0.6 is 0 Å². The maximum Gasteiger partial charge on any atom is 0.270 e. The highest BCUT2D eigenvalue weighted by molar-refractivity contribution is 5.49. The van der Waals surface area contributed by atoms with Gasteiger partial charge < -0.3 is 10.0 Å². The van der Waals surface area contributed by atoms with Crippen LogP contribution in [0.3, 0.4) is 0 Å². The molecular formula is C12H15F2N3O. The van der Waals surface area contributed by atoms with E-state index in [4.69, 9.17) is 0 Å². The standard InChI is InChI=1S/C12H15F2N3O/c1-8-16(3)7-11(18)17(8)10-6-9(4-5-15-10)12(2,13)14/h4-6,11,18H,1,7H2,2-3H3. The summed E-state index contributed by atoms with van der Waals surface area (Å²) in [7, 11) is 1.77. The molecule has 1 aromatic rings. The Balaban J connectivity index is 2.37. The van der Waals surface area contributed by atoms with Gasteiger partial charge in [-0.1, -0.05) is 6.58 Å². The molecule has 18 heavy (non-hydrogen) atoms. The zero-order chi connectivity index (χ0) is 13.5. The molecule has 2 rings (SSSR count). The number of aliphatic hydroxyl groups excluding tert-OH is 1. The summed E-state index contributed by atoms with van der Waals surface area (Å²) in [6.07, 6.45) is 0.483. The van der Waals surface area contributed by atoms with Gasteiger partial charge in [-0.25, -0.2) is 13.8 Å². The third-order valence-electron chi connectivity index (χ3n) is 2.95. The number of anilines is 1. The van der Waals surface area contributed by atoms with Crippen LogP contribution in [0, 0.1) is 0 Å². The predicted molar refractivity (Wildman–Crippen MR) is 64.1 cm³/mol. The van der Waals surface area contributed by atoms with E-state index in [0.29, 0.717) is 12.4 Å². The molecule has 1 aliphatic rings. The van der Waals surface area contributed by atoms with Crippen LogP contribution in [0.1, 0.15) is 12.5 Å². The van der Waals surface area contributed by atoms with Gasteiger partial charge in [-0.2, -0.15) is 0 Å². The fraction of sp³-hybridized carbons (Fsp3) is 0.417. The van der Waals surface area contributed by atoms with Crippen molar-refractivity contribution < 1.29 is 13.9 Å². The van der Waals surface area contributed by atoms with Gasteiger partial charge >= 0.3 is 0 Å². The Kier molecular flexibility index (Phi) is 2.98. The fourth-order valence-electron chi connectivity index (χ4n) is 1.90. The molecule has 1 aliphatic heterocycles. The van der Waals surface area contributed by atoms with Crippen LogP contribution in [0.25, 0.3) is 0 Å². The Morgan fingerprint density at radius 1 is 1.56 bits per heavy atom. The highest BCUT2D eigenvalue weighted by atomic mass is 19.3. The van der Waals surface area contributed by atoms with E-state index in [0.717, 1.165) is 6.92 Å². The number of aromatic nitrogens is 1. The molecule has 0 amide bonds. The van der Waals surface area contributed by atoms with Crippen LogP contribution in [0.2, 0.25) is 0 Å². The van der Waals surface area contributed by atoms with Crippen LogP contribution in [0.4, 0.5) is 14.6 Å². The lowest BCUT2D eigenvalue weighted by Gasteiger charge is -2.23. The van der Waals surface area contributed by atoms with Crippen LogP contribution in [0.5, 0.6) is 0 Å². The van der Waals surface area contributed by atoms with Crippen molar-refractivity contribution in [1.82, 2.24) is 9.88 Å². The maximum atomic E-state index is 13.3. The second kappa shape index (κ2) is 4.20. The molecule has 2 heterocycles. The van der Waals surface area contributed by atoms with Crippen molar-refractivity contribution in [3.05, 3.63) is 36.3 Å². The molecule has 0 aliphatic carbocycles. The molecule has 1 saturated heterocycles. The van der Waals surface area contributed by atoms with Gasteiger partial charge in [-0.3, -0.25) is 4.90 Å². The van der Waals surface area contributed by atoms with Gasteiger partial charge in [0.15, 0.2) is 6.23 Å². The Morgan fingerprint density at radius 3 is 2.72 bits per heavy atom. The van der Waals surface area contributed by atoms with Gasteiger partial charge in [0.25, 0.3) is 5.92 Å². The Labute approximate surface area is 104 Å². The number of rotatable bonds is 2. The number of hydrogen-bond acceptors (Lipinski definition) is 4. The molecule has 0 bridgehead atoms. The lowest BCUT2D eigenvalue weighted by molar-refractivity contribution is 0.0174. The maximum absolute atomic E-state index is 13.3. The summed E-state index contributed by atoms with van der Waals surface area (Å²) in [5.41, 5.74) is -0.137. The average Bonchev–Trinajstić information content (AvgIpc) is 2.52. The highest BCUT2D eigenvalue weighted by Gasteiger charge is 2.32. The van der Waals surface area contributed by atoms with Crippen molar-refractivity contribution in [2.45, 2.75) is 19.1 Å². The molecule has 0 spiro atoms. The van der Waals surface area contributed by atoms with E-state index in [1.807, 2.05) is 0 Å². The number of hydrogen-bond donors (Lipinski definition) is 1. The first-order valence-electron chi connectivity index (χ1n) is 5.52. The summed E-state index contributed by atoms with van der Waals surface area (Å²) in [5.74, 6) is -2.13. The fourth-order valence-corrected chi connectivity index (χ4v) is 1.90. The molecule has 0 aromatic carbocycles. The van der Waals surface area contributed by atoms with Crippen LogP contribution in [-0.4, -0.2) is 34.8 Å². The van der Waals surface area contributed by atoms with Gasteiger partial charge in [0.2, 0.25) is 0 Å².